The van der Waals surface area contributed by atoms with Crippen LogP contribution in [0.5, 0.6) is 0 Å². The van der Waals surface area contributed by atoms with Crippen LogP contribution in [0.2, 0.25) is 0 Å². The molecule has 0 aromatic rings. The number of carbonyl (C=O) groups excluding carboxylic acids is 2. The number of rotatable bonds is 6. The van der Waals surface area contributed by atoms with Crippen molar-refractivity contribution in [2.45, 2.75) is 12.8 Å². The van der Waals surface area contributed by atoms with E-state index in [4.69, 9.17) is 20.5 Å². The van der Waals surface area contributed by atoms with Gasteiger partial charge in [0.2, 0.25) is 11.8 Å². The molecule has 1 heterocycles. The predicted molar refractivity (Wildman–Crippen MR) is 61.1 cm³/mol. The minimum atomic E-state index is -0.998. The number of nitrogens with two attached hydrogens (primary N) is 1. The Hall–Kier alpha value is -1.65. The van der Waals surface area contributed by atoms with Crippen molar-refractivity contribution in [3.05, 3.63) is 0 Å². The first kappa shape index (κ1) is 14.4. The maximum atomic E-state index is 11.9. The van der Waals surface area contributed by atoms with Gasteiger partial charge in [0.25, 0.3) is 0 Å². The molecular weight excluding hydrogens is 238 g/mol. The summed E-state index contributed by atoms with van der Waals surface area (Å²) >= 11 is 0. The van der Waals surface area contributed by atoms with E-state index in [1.165, 1.54) is 0 Å². The predicted octanol–water partition coefficient (Wildman–Crippen LogP) is -1.08. The van der Waals surface area contributed by atoms with E-state index in [-0.39, 0.29) is 25.7 Å². The molecule has 3 N–H and O–H groups in total. The molecule has 0 aliphatic carbocycles. The number of nitrogens with zero attached hydrogens (tertiary/aromatic N) is 1. The van der Waals surface area contributed by atoms with Gasteiger partial charge in [0.05, 0.1) is 12.7 Å². The van der Waals surface area contributed by atoms with Crippen molar-refractivity contribution in [2.24, 2.45) is 11.1 Å². The Balaban J connectivity index is 2.30. The zero-order chi connectivity index (χ0) is 13.4. The average Bonchev–Trinajstić information content (AvgIpc) is 2.38. The normalized spacial score (nSPS) is 17.7. The fourth-order valence-electron chi connectivity index (χ4n) is 1.69. The second kappa shape index (κ2) is 6.93. The Bertz CT molecular complexity index is 345. The van der Waals surface area contributed by atoms with Crippen LogP contribution >= 0.6 is 0 Å². The summed E-state index contributed by atoms with van der Waals surface area (Å²) in [6, 6.07) is 2.07. The van der Waals surface area contributed by atoms with Gasteiger partial charge in [-0.05, 0) is 12.8 Å². The average molecular weight is 255 g/mol. The molecule has 1 fully saturated rings. The molecule has 0 radical (unpaired) electrons. The van der Waals surface area contributed by atoms with Crippen LogP contribution in [0.1, 0.15) is 12.8 Å². The molecule has 7 heteroatoms. The van der Waals surface area contributed by atoms with E-state index in [1.54, 1.807) is 0 Å². The number of nitrogens with one attached hydrogen (secondary N) is 1. The van der Waals surface area contributed by atoms with Gasteiger partial charge in [0.15, 0.2) is 0 Å². The molecule has 1 saturated heterocycles. The summed E-state index contributed by atoms with van der Waals surface area (Å²) < 4.78 is 10.0. The van der Waals surface area contributed by atoms with Gasteiger partial charge < -0.3 is 20.5 Å². The first-order valence-electron chi connectivity index (χ1n) is 5.74. The largest absolute Gasteiger partial charge is 0.381 e. The highest BCUT2D eigenvalue weighted by Gasteiger charge is 2.40. The number of primary amides is 1. The van der Waals surface area contributed by atoms with E-state index in [0.29, 0.717) is 26.1 Å². The first-order valence-corrected chi connectivity index (χ1v) is 5.74. The molecule has 0 saturated carbocycles. The maximum Gasteiger partial charge on any atom is 0.243 e. The van der Waals surface area contributed by atoms with Gasteiger partial charge >= 0.3 is 0 Å². The lowest BCUT2D eigenvalue weighted by Crippen LogP contribution is -2.44. The summed E-state index contributed by atoms with van der Waals surface area (Å²) in [5.74, 6) is -0.866. The Morgan fingerprint density at radius 3 is 2.67 bits per heavy atom. The van der Waals surface area contributed by atoms with Gasteiger partial charge in [-0.1, -0.05) is 0 Å². The zero-order valence-corrected chi connectivity index (χ0v) is 10.1. The summed E-state index contributed by atoms with van der Waals surface area (Å²) in [6.45, 7) is 1.09. The molecule has 18 heavy (non-hydrogen) atoms. The number of carbonyl (C=O) groups is 2. The summed E-state index contributed by atoms with van der Waals surface area (Å²) in [4.78, 5) is 22.3. The van der Waals surface area contributed by atoms with E-state index < -0.39 is 11.3 Å². The monoisotopic (exact) mass is 255 g/mol. The van der Waals surface area contributed by atoms with Crippen LogP contribution < -0.4 is 11.1 Å². The number of hydrogen-bond acceptors (Lipinski definition) is 5. The molecule has 0 atom stereocenters. The van der Waals surface area contributed by atoms with Crippen LogP contribution in [0.3, 0.4) is 0 Å². The van der Waals surface area contributed by atoms with Crippen LogP contribution in [0, 0.1) is 16.7 Å². The van der Waals surface area contributed by atoms with Crippen LogP contribution in [-0.2, 0) is 19.1 Å². The Kier molecular flexibility index (Phi) is 5.55. The summed E-state index contributed by atoms with van der Waals surface area (Å²) in [5, 5.41) is 11.8. The van der Waals surface area contributed by atoms with Gasteiger partial charge in [-0.3, -0.25) is 9.59 Å². The Labute approximate surface area is 105 Å². The van der Waals surface area contributed by atoms with Crippen LogP contribution in [0.15, 0.2) is 0 Å². The molecule has 7 nitrogen and oxygen atoms in total. The minimum absolute atomic E-state index is 0.174. The van der Waals surface area contributed by atoms with Crippen molar-refractivity contribution in [1.82, 2.24) is 5.32 Å². The molecule has 1 aliphatic rings. The van der Waals surface area contributed by atoms with Gasteiger partial charge in [-0.2, -0.15) is 5.26 Å². The second-order valence-corrected chi connectivity index (χ2v) is 4.08. The molecule has 1 rings (SSSR count). The third-order valence-electron chi connectivity index (χ3n) is 2.77. The number of nitriles is 1. The van der Waals surface area contributed by atoms with E-state index in [1.807, 2.05) is 0 Å². The smallest absolute Gasteiger partial charge is 0.243 e. The standard InChI is InChI=1S/C11H17N3O4/c12-8-11(1-4-17-5-2-11)10(16)14-3-6-18-7-9(13)15/h1-7H2,(H2,13,15)(H,14,16). The third-order valence-corrected chi connectivity index (χ3v) is 2.77. The van der Waals surface area contributed by atoms with E-state index in [0.717, 1.165) is 0 Å². The van der Waals surface area contributed by atoms with E-state index >= 15 is 0 Å². The lowest BCUT2D eigenvalue weighted by Gasteiger charge is -2.29. The lowest BCUT2D eigenvalue weighted by molar-refractivity contribution is -0.132. The van der Waals surface area contributed by atoms with Crippen LogP contribution in [0.25, 0.3) is 0 Å². The summed E-state index contributed by atoms with van der Waals surface area (Å²) in [7, 11) is 0. The molecular formula is C11H17N3O4. The number of hydrogen-bond donors (Lipinski definition) is 2. The topological polar surface area (TPSA) is 114 Å². The van der Waals surface area contributed by atoms with Gasteiger partial charge in [-0.15, -0.1) is 0 Å². The van der Waals surface area contributed by atoms with Crippen molar-refractivity contribution < 1.29 is 19.1 Å². The van der Waals surface area contributed by atoms with Crippen molar-refractivity contribution >= 4 is 11.8 Å². The quantitative estimate of drug-likeness (QED) is 0.586. The van der Waals surface area contributed by atoms with Gasteiger partial charge in [-0.25, -0.2) is 0 Å². The molecule has 1 aliphatic heterocycles. The molecule has 0 bridgehead atoms. The first-order chi connectivity index (χ1) is 8.60. The van der Waals surface area contributed by atoms with Gasteiger partial charge in [0.1, 0.15) is 12.0 Å². The highest BCUT2D eigenvalue weighted by molar-refractivity contribution is 5.85. The highest BCUT2D eigenvalue weighted by Crippen LogP contribution is 2.29. The van der Waals surface area contributed by atoms with Crippen LogP contribution in [-0.4, -0.2) is 44.8 Å². The molecule has 0 aromatic carbocycles. The van der Waals surface area contributed by atoms with E-state index in [9.17, 15) is 9.59 Å². The molecule has 0 aromatic heterocycles. The Morgan fingerprint density at radius 2 is 2.11 bits per heavy atom. The minimum Gasteiger partial charge on any atom is -0.381 e. The molecule has 0 unspecified atom stereocenters. The maximum absolute atomic E-state index is 11.9. The zero-order valence-electron chi connectivity index (χ0n) is 10.1. The van der Waals surface area contributed by atoms with E-state index in [2.05, 4.69) is 11.4 Å². The van der Waals surface area contributed by atoms with Crippen molar-refractivity contribution in [3.63, 3.8) is 0 Å². The Morgan fingerprint density at radius 1 is 1.44 bits per heavy atom. The van der Waals surface area contributed by atoms with Crippen LogP contribution in [0.4, 0.5) is 0 Å². The number of ether oxygens (including phenoxy) is 2. The molecule has 2 amide bonds. The number of amides is 2. The highest BCUT2D eigenvalue weighted by atomic mass is 16.5. The summed E-state index contributed by atoms with van der Waals surface area (Å²) in [5.41, 5.74) is 3.89. The summed E-state index contributed by atoms with van der Waals surface area (Å²) in [6.07, 6.45) is 0.801. The van der Waals surface area contributed by atoms with Crippen molar-refractivity contribution in [2.75, 3.05) is 33.0 Å². The fourth-order valence-corrected chi connectivity index (χ4v) is 1.69. The lowest BCUT2D eigenvalue weighted by atomic mass is 9.81. The molecule has 0 spiro atoms. The fraction of sp³-hybridized carbons (Fsp3) is 0.727. The third kappa shape index (κ3) is 3.98. The van der Waals surface area contributed by atoms with Crippen molar-refractivity contribution in [3.8, 4) is 6.07 Å². The van der Waals surface area contributed by atoms with Crippen molar-refractivity contribution in [1.29, 1.82) is 5.26 Å². The molecule has 100 valence electrons. The SMILES string of the molecule is N#CC1(C(=O)NCCOCC(N)=O)CCOCC1. The second-order valence-electron chi connectivity index (χ2n) is 4.08. The van der Waals surface area contributed by atoms with Gasteiger partial charge in [0, 0.05) is 19.8 Å².